The van der Waals surface area contributed by atoms with E-state index in [1.807, 2.05) is 0 Å². The van der Waals surface area contributed by atoms with Crippen molar-refractivity contribution >= 4 is 87.2 Å². The van der Waals surface area contributed by atoms with Crippen LogP contribution in [0.4, 0.5) is 0 Å². The van der Waals surface area contributed by atoms with E-state index < -0.39 is 0 Å². The fourth-order valence-corrected chi connectivity index (χ4v) is 12.9. The molecule has 0 aliphatic carbocycles. The first kappa shape index (κ1) is 47.1. The van der Waals surface area contributed by atoms with Gasteiger partial charge in [-0.2, -0.15) is 0 Å². The Kier molecular flexibility index (Phi) is 11.2. The van der Waals surface area contributed by atoms with Crippen LogP contribution in [0.5, 0.6) is 0 Å². The van der Waals surface area contributed by atoms with Gasteiger partial charge in [-0.15, -0.1) is 0 Å². The number of aromatic nitrogens is 4. The smallest absolute Gasteiger partial charge is 0.0561 e. The Bertz CT molecular complexity index is 5180. The van der Waals surface area contributed by atoms with E-state index in [2.05, 4.69) is 334 Å². The van der Waals surface area contributed by atoms with Crippen molar-refractivity contribution in [3.05, 3.63) is 315 Å². The van der Waals surface area contributed by atoms with Gasteiger partial charge in [0, 0.05) is 65.8 Å². The van der Waals surface area contributed by atoms with Gasteiger partial charge in [0.15, 0.2) is 0 Å². The molecule has 17 aromatic rings. The van der Waals surface area contributed by atoms with Crippen LogP contribution in [0.15, 0.2) is 315 Å². The van der Waals surface area contributed by atoms with Crippen LogP contribution in [-0.2, 0) is 0 Å². The van der Waals surface area contributed by atoms with Crippen LogP contribution in [-0.4, -0.2) is 18.3 Å². The largest absolute Gasteiger partial charge is 0.309 e. The number of nitrogens with zero attached hydrogens (tertiary/aromatic N) is 4. The van der Waals surface area contributed by atoms with Crippen molar-refractivity contribution in [1.29, 1.82) is 0 Å². The quantitative estimate of drug-likeness (QED) is 0.152. The topological polar surface area (TPSA) is 19.7 Å². The van der Waals surface area contributed by atoms with Gasteiger partial charge in [-0.1, -0.05) is 218 Å². The van der Waals surface area contributed by atoms with Crippen molar-refractivity contribution in [2.45, 2.75) is 0 Å². The second-order valence-electron chi connectivity index (χ2n) is 21.3. The normalized spacial score (nSPS) is 11.7. The first-order chi connectivity index (χ1) is 40.7. The third-order valence-corrected chi connectivity index (χ3v) is 16.6. The van der Waals surface area contributed by atoms with Crippen molar-refractivity contribution in [3.8, 4) is 56.1 Å². The third-order valence-electron chi connectivity index (χ3n) is 16.6. The fourth-order valence-electron chi connectivity index (χ4n) is 12.9. The highest BCUT2D eigenvalue weighted by atomic mass is 15.0. The zero-order chi connectivity index (χ0) is 54.1. The molecule has 0 aliphatic rings. The Morgan fingerprint density at radius 2 is 0.402 bits per heavy atom. The maximum absolute atomic E-state index is 2.41. The highest BCUT2D eigenvalue weighted by Crippen LogP contribution is 2.40. The first-order valence-corrected chi connectivity index (χ1v) is 28.2. The van der Waals surface area contributed by atoms with Crippen LogP contribution in [0.3, 0.4) is 0 Å². The van der Waals surface area contributed by atoms with Gasteiger partial charge in [-0.05, 0) is 130 Å². The summed E-state index contributed by atoms with van der Waals surface area (Å²) < 4.78 is 9.61. The number of rotatable bonds is 7. The van der Waals surface area contributed by atoms with Gasteiger partial charge < -0.3 is 18.3 Å². The minimum atomic E-state index is 1.16. The van der Waals surface area contributed by atoms with Crippen LogP contribution < -0.4 is 0 Å². The van der Waals surface area contributed by atoms with Gasteiger partial charge >= 0.3 is 0 Å². The van der Waals surface area contributed by atoms with Crippen molar-refractivity contribution in [2.24, 2.45) is 0 Å². The summed E-state index contributed by atoms with van der Waals surface area (Å²) in [4.78, 5) is 0. The van der Waals surface area contributed by atoms with Gasteiger partial charge in [-0.3, -0.25) is 0 Å². The molecule has 13 aromatic carbocycles. The van der Waals surface area contributed by atoms with E-state index in [9.17, 15) is 0 Å². The number of hydrogen-bond donors (Lipinski definition) is 0. The van der Waals surface area contributed by atoms with Gasteiger partial charge in [0.1, 0.15) is 0 Å². The molecule has 0 N–H and O–H groups in total. The monoisotopic (exact) mass is 1040 g/mol. The van der Waals surface area contributed by atoms with Crippen LogP contribution in [0.1, 0.15) is 0 Å². The molecule has 4 nitrogen and oxygen atoms in total. The predicted octanol–water partition coefficient (Wildman–Crippen LogP) is 20.8. The van der Waals surface area contributed by atoms with Crippen LogP contribution >= 0.6 is 0 Å². The van der Waals surface area contributed by atoms with Crippen LogP contribution in [0, 0.1) is 0 Å². The number of para-hydroxylation sites is 6. The van der Waals surface area contributed by atoms with Gasteiger partial charge in [0.05, 0.1) is 44.1 Å². The lowest BCUT2D eigenvalue weighted by Gasteiger charge is -2.12. The molecule has 0 bridgehead atoms. The summed E-state index contributed by atoms with van der Waals surface area (Å²) in [6.07, 6.45) is 0. The standard InChI is InChI=1S/C42H28N2.C36H24N2/c1-2-12-29(13-3-1)30-14-10-15-31(26-30)32-16-11-17-33(27-32)43-41-23-9-6-20-37(41)38-28-34(24-25-42(38)43)44-39-21-7-4-18-35(39)36-19-5-8-22-40(36)44;1-2-11-25(12-3-1)26-13-10-14-27(23-26)38-35-20-9-6-17-31(35)32-22-21-28(24-36(32)38)37-33-18-7-4-15-29(33)30-16-5-8-19-34(30)37/h1-28H;1-24H. The molecule has 0 saturated carbocycles. The second-order valence-corrected chi connectivity index (χ2v) is 21.3. The van der Waals surface area contributed by atoms with E-state index in [4.69, 9.17) is 0 Å². The molecule has 4 heterocycles. The van der Waals surface area contributed by atoms with Gasteiger partial charge in [0.25, 0.3) is 0 Å². The zero-order valence-electron chi connectivity index (χ0n) is 44.8. The average Bonchev–Trinajstić information content (AvgIpc) is 4.46. The highest BCUT2D eigenvalue weighted by Gasteiger charge is 2.19. The molecule has 4 heteroatoms. The molecule has 0 spiro atoms. The summed E-state index contributed by atoms with van der Waals surface area (Å²) >= 11 is 0. The maximum Gasteiger partial charge on any atom is 0.0561 e. The lowest BCUT2D eigenvalue weighted by molar-refractivity contribution is 1.15. The van der Waals surface area contributed by atoms with E-state index in [1.165, 1.54) is 126 Å². The lowest BCUT2D eigenvalue weighted by Crippen LogP contribution is -1.97. The highest BCUT2D eigenvalue weighted by molar-refractivity contribution is 6.14. The molecule has 82 heavy (non-hydrogen) atoms. The van der Waals surface area contributed by atoms with E-state index in [0.717, 1.165) is 17.1 Å². The second kappa shape index (κ2) is 19.5. The molecule has 0 fully saturated rings. The van der Waals surface area contributed by atoms with Crippen molar-refractivity contribution < 1.29 is 0 Å². The number of hydrogen-bond acceptors (Lipinski definition) is 0. The van der Waals surface area contributed by atoms with Crippen molar-refractivity contribution in [2.75, 3.05) is 0 Å². The zero-order valence-corrected chi connectivity index (χ0v) is 44.8. The molecular formula is C78H52N4. The lowest BCUT2D eigenvalue weighted by atomic mass is 9.99. The Morgan fingerprint density at radius 3 is 0.841 bits per heavy atom. The number of benzene rings is 13. The molecule has 0 radical (unpaired) electrons. The van der Waals surface area contributed by atoms with E-state index in [0.29, 0.717) is 0 Å². The Hall–Kier alpha value is -10.9. The summed E-state index contributed by atoms with van der Waals surface area (Å²) in [5.41, 5.74) is 21.7. The molecule has 0 aliphatic heterocycles. The third kappa shape index (κ3) is 7.76. The Labute approximate surface area is 474 Å². The molecule has 0 unspecified atom stereocenters. The SMILES string of the molecule is c1ccc(-c2cccc(-c3cccc(-n4c5ccccc5c5cc(-n6c7ccccc7c7ccccc76)ccc54)c3)c2)cc1.c1ccc(-c2cccc(-n3c4ccccc4c4ccc(-n5c6ccccc6c6ccccc65)cc43)c2)cc1. The minimum absolute atomic E-state index is 1.16. The Balaban J connectivity index is 0.000000136. The molecule has 0 atom stereocenters. The maximum atomic E-state index is 2.41. The van der Waals surface area contributed by atoms with E-state index in [1.54, 1.807) is 0 Å². The van der Waals surface area contributed by atoms with Crippen LogP contribution in [0.2, 0.25) is 0 Å². The molecule has 0 saturated heterocycles. The predicted molar refractivity (Wildman–Crippen MR) is 347 cm³/mol. The molecular weight excluding hydrogens is 993 g/mol. The molecule has 384 valence electrons. The molecule has 17 rings (SSSR count). The summed E-state index contributed by atoms with van der Waals surface area (Å²) in [7, 11) is 0. The Morgan fingerprint density at radius 1 is 0.134 bits per heavy atom. The molecule has 0 amide bonds. The fraction of sp³-hybridized carbons (Fsp3) is 0. The van der Waals surface area contributed by atoms with E-state index in [-0.39, 0.29) is 0 Å². The van der Waals surface area contributed by atoms with Crippen molar-refractivity contribution in [1.82, 2.24) is 18.3 Å². The minimum Gasteiger partial charge on any atom is -0.309 e. The first-order valence-electron chi connectivity index (χ1n) is 28.2. The summed E-state index contributed by atoms with van der Waals surface area (Å²) in [6.45, 7) is 0. The van der Waals surface area contributed by atoms with Crippen LogP contribution in [0.25, 0.3) is 143 Å². The van der Waals surface area contributed by atoms with Gasteiger partial charge in [0.2, 0.25) is 0 Å². The van der Waals surface area contributed by atoms with E-state index >= 15 is 0 Å². The average molecular weight is 1050 g/mol. The summed E-state index contributed by atoms with van der Waals surface area (Å²) in [5.74, 6) is 0. The summed E-state index contributed by atoms with van der Waals surface area (Å²) in [5, 5.41) is 10.1. The van der Waals surface area contributed by atoms with Crippen molar-refractivity contribution in [3.63, 3.8) is 0 Å². The number of fused-ring (bicyclic) bond motifs is 12. The summed E-state index contributed by atoms with van der Waals surface area (Å²) in [6, 6.07) is 114. The van der Waals surface area contributed by atoms with Gasteiger partial charge in [-0.25, -0.2) is 0 Å². The molecule has 4 aromatic heterocycles.